The number of piperidine rings is 1. The highest BCUT2D eigenvalue weighted by Gasteiger charge is 2.45. The van der Waals surface area contributed by atoms with Crippen molar-refractivity contribution in [3.05, 3.63) is 66.1 Å². The average Bonchev–Trinajstić information content (AvgIpc) is 3.21. The van der Waals surface area contributed by atoms with E-state index in [4.69, 9.17) is 9.47 Å². The van der Waals surface area contributed by atoms with Gasteiger partial charge in [-0.3, -0.25) is 9.69 Å². The van der Waals surface area contributed by atoms with Crippen LogP contribution in [-0.2, 0) is 16.1 Å². The fourth-order valence-corrected chi connectivity index (χ4v) is 4.44. The van der Waals surface area contributed by atoms with Crippen molar-refractivity contribution in [2.75, 3.05) is 13.2 Å². The lowest BCUT2D eigenvalue weighted by atomic mass is 9.81. The van der Waals surface area contributed by atoms with Crippen molar-refractivity contribution < 1.29 is 19.1 Å². The topological polar surface area (TPSA) is 86.0 Å². The molecule has 2 saturated heterocycles. The van der Waals surface area contributed by atoms with E-state index in [1.165, 1.54) is 0 Å². The van der Waals surface area contributed by atoms with Crippen LogP contribution >= 0.6 is 0 Å². The van der Waals surface area contributed by atoms with Gasteiger partial charge in [0, 0.05) is 18.3 Å². The van der Waals surface area contributed by atoms with Gasteiger partial charge in [-0.1, -0.05) is 30.3 Å². The second-order valence-electron chi connectivity index (χ2n) is 7.77. The molecule has 2 aromatic heterocycles. The van der Waals surface area contributed by atoms with E-state index >= 15 is 0 Å². The molecular formula is C22H22N4O4. The van der Waals surface area contributed by atoms with Gasteiger partial charge in [-0.05, 0) is 24.5 Å². The number of morpholine rings is 1. The third kappa shape index (κ3) is 3.43. The van der Waals surface area contributed by atoms with Gasteiger partial charge in [0.2, 0.25) is 0 Å². The van der Waals surface area contributed by atoms with Crippen LogP contribution in [0, 0.1) is 5.92 Å². The number of aromatic nitrogens is 3. The van der Waals surface area contributed by atoms with Crippen molar-refractivity contribution in [3.63, 3.8) is 0 Å². The van der Waals surface area contributed by atoms with Crippen LogP contribution in [0.25, 0.3) is 5.65 Å². The van der Waals surface area contributed by atoms with E-state index < -0.39 is 0 Å². The van der Waals surface area contributed by atoms with E-state index in [0.717, 1.165) is 5.56 Å². The highest BCUT2D eigenvalue weighted by molar-refractivity contribution is 6.02. The Labute approximate surface area is 173 Å². The van der Waals surface area contributed by atoms with Crippen molar-refractivity contribution in [1.82, 2.24) is 19.5 Å². The second kappa shape index (κ2) is 7.87. The Morgan fingerprint density at radius 1 is 1.10 bits per heavy atom. The Morgan fingerprint density at radius 3 is 2.63 bits per heavy atom. The molecule has 8 heteroatoms. The van der Waals surface area contributed by atoms with Crippen LogP contribution in [0.1, 0.15) is 28.8 Å². The second-order valence-corrected chi connectivity index (χ2v) is 7.77. The van der Waals surface area contributed by atoms with Gasteiger partial charge in [-0.25, -0.2) is 14.3 Å². The number of ether oxygens (including phenoxy) is 2. The lowest BCUT2D eigenvalue weighted by Crippen LogP contribution is -2.59. The van der Waals surface area contributed by atoms with Gasteiger partial charge in [0.25, 0.3) is 0 Å². The summed E-state index contributed by atoms with van der Waals surface area (Å²) in [6, 6.07) is 11.0. The molecule has 5 rings (SSSR count). The molecule has 0 saturated carbocycles. The smallest absolute Gasteiger partial charge is 0.410 e. The van der Waals surface area contributed by atoms with E-state index in [0.29, 0.717) is 37.3 Å². The third-order valence-electron chi connectivity index (χ3n) is 5.85. The van der Waals surface area contributed by atoms with E-state index in [1.54, 1.807) is 34.1 Å². The summed E-state index contributed by atoms with van der Waals surface area (Å²) >= 11 is 0. The number of carbonyl (C=O) groups is 2. The molecule has 2 aliphatic rings. The molecule has 8 nitrogen and oxygen atoms in total. The number of benzene rings is 1. The Morgan fingerprint density at radius 2 is 1.87 bits per heavy atom. The molecule has 4 heterocycles. The Balaban J connectivity index is 1.30. The highest BCUT2D eigenvalue weighted by atomic mass is 16.6. The summed E-state index contributed by atoms with van der Waals surface area (Å²) in [4.78, 5) is 32.1. The van der Waals surface area contributed by atoms with Crippen LogP contribution in [-0.4, -0.2) is 56.7 Å². The van der Waals surface area contributed by atoms with Crippen molar-refractivity contribution in [2.45, 2.75) is 31.5 Å². The van der Waals surface area contributed by atoms with Crippen LogP contribution < -0.4 is 0 Å². The molecule has 2 aliphatic heterocycles. The van der Waals surface area contributed by atoms with Crippen LogP contribution in [0.3, 0.4) is 0 Å². The van der Waals surface area contributed by atoms with E-state index in [9.17, 15) is 9.59 Å². The minimum atomic E-state index is -0.347. The average molecular weight is 406 g/mol. The van der Waals surface area contributed by atoms with Crippen molar-refractivity contribution in [1.29, 1.82) is 0 Å². The maximum atomic E-state index is 13.2. The van der Waals surface area contributed by atoms with Crippen LogP contribution in [0.4, 0.5) is 4.79 Å². The van der Waals surface area contributed by atoms with Gasteiger partial charge in [0.05, 0.1) is 37.1 Å². The first kappa shape index (κ1) is 18.7. The molecule has 2 bridgehead atoms. The molecule has 3 aromatic rings. The first-order valence-electron chi connectivity index (χ1n) is 10.1. The number of ketones is 1. The molecule has 1 aromatic carbocycles. The number of carbonyl (C=O) groups excluding carboxylic acids is 2. The van der Waals surface area contributed by atoms with Gasteiger partial charge in [-0.15, -0.1) is 0 Å². The van der Waals surface area contributed by atoms with Crippen LogP contribution in [0.2, 0.25) is 0 Å². The van der Waals surface area contributed by atoms with Gasteiger partial charge >= 0.3 is 6.09 Å². The molecular weight excluding hydrogens is 384 g/mol. The molecule has 0 radical (unpaired) electrons. The number of fused-ring (bicyclic) bond motifs is 3. The maximum absolute atomic E-state index is 13.2. The Hall–Kier alpha value is -3.26. The first-order chi connectivity index (χ1) is 14.7. The monoisotopic (exact) mass is 406 g/mol. The number of hydrogen-bond donors (Lipinski definition) is 0. The standard InChI is InChI=1S/C22H22N4O4/c27-20(19-11-24-25-8-4-7-23-21(19)25)16-9-17-13-29-14-18(10-16)26(17)22(28)30-12-15-5-2-1-3-6-15/h1-8,11,16-18H,9-10,12-14H2. The zero-order valence-electron chi connectivity index (χ0n) is 16.4. The zero-order chi connectivity index (χ0) is 20.5. The number of rotatable bonds is 4. The van der Waals surface area contributed by atoms with Crippen molar-refractivity contribution in [2.24, 2.45) is 5.92 Å². The van der Waals surface area contributed by atoms with Gasteiger partial charge in [0.15, 0.2) is 11.4 Å². The summed E-state index contributed by atoms with van der Waals surface area (Å²) in [5, 5.41) is 4.23. The number of hydrogen-bond acceptors (Lipinski definition) is 6. The van der Waals surface area contributed by atoms with Crippen LogP contribution in [0.15, 0.2) is 55.0 Å². The molecule has 1 amide bonds. The van der Waals surface area contributed by atoms with Gasteiger partial charge < -0.3 is 9.47 Å². The summed E-state index contributed by atoms with van der Waals surface area (Å²) in [5.74, 6) is -0.171. The van der Waals surface area contributed by atoms with Crippen molar-refractivity contribution >= 4 is 17.5 Å². The van der Waals surface area contributed by atoms with Gasteiger partial charge in [-0.2, -0.15) is 5.10 Å². The van der Waals surface area contributed by atoms with Crippen molar-refractivity contribution in [3.8, 4) is 0 Å². The predicted octanol–water partition coefficient (Wildman–Crippen LogP) is 2.73. The summed E-state index contributed by atoms with van der Waals surface area (Å²) in [7, 11) is 0. The first-order valence-corrected chi connectivity index (χ1v) is 10.1. The lowest BCUT2D eigenvalue weighted by Gasteiger charge is -2.47. The molecule has 2 fully saturated rings. The van der Waals surface area contributed by atoms with E-state index in [-0.39, 0.29) is 36.5 Å². The minimum absolute atomic E-state index is 0.0258. The molecule has 154 valence electrons. The molecule has 0 aliphatic carbocycles. The fraction of sp³-hybridized carbons (Fsp3) is 0.364. The molecule has 0 N–H and O–H groups in total. The normalized spacial score (nSPS) is 23.3. The summed E-state index contributed by atoms with van der Waals surface area (Å²) in [6.45, 7) is 1.05. The third-order valence-corrected chi connectivity index (χ3v) is 5.85. The molecule has 0 spiro atoms. The molecule has 2 unspecified atom stereocenters. The zero-order valence-corrected chi connectivity index (χ0v) is 16.4. The SMILES string of the molecule is O=C(c1cnn2cccnc12)C1CC2COCC(C1)N2C(=O)OCc1ccccc1. The summed E-state index contributed by atoms with van der Waals surface area (Å²) in [5.41, 5.74) is 2.03. The highest BCUT2D eigenvalue weighted by Crippen LogP contribution is 2.34. The van der Waals surface area contributed by atoms with Gasteiger partial charge in [0.1, 0.15) is 6.61 Å². The number of nitrogens with zero attached hydrogens (tertiary/aromatic N) is 4. The predicted molar refractivity (Wildman–Crippen MR) is 107 cm³/mol. The summed E-state index contributed by atoms with van der Waals surface area (Å²) in [6.07, 6.45) is 5.74. The van der Waals surface area contributed by atoms with E-state index in [1.807, 2.05) is 30.3 Å². The molecule has 2 atom stereocenters. The summed E-state index contributed by atoms with van der Waals surface area (Å²) < 4.78 is 12.8. The lowest BCUT2D eigenvalue weighted by molar-refractivity contribution is -0.0755. The maximum Gasteiger partial charge on any atom is 0.410 e. The quantitative estimate of drug-likeness (QED) is 0.620. The largest absolute Gasteiger partial charge is 0.445 e. The fourth-order valence-electron chi connectivity index (χ4n) is 4.44. The Bertz CT molecular complexity index is 1050. The number of amides is 1. The van der Waals surface area contributed by atoms with Crippen LogP contribution in [0.5, 0.6) is 0 Å². The number of Topliss-reactive ketones (excluding diaryl/α,β-unsaturated/α-hetero) is 1. The molecule has 30 heavy (non-hydrogen) atoms. The minimum Gasteiger partial charge on any atom is -0.445 e. The Kier molecular flexibility index (Phi) is 4.92. The van der Waals surface area contributed by atoms with E-state index in [2.05, 4.69) is 10.1 Å².